The minimum absolute atomic E-state index is 0.0685. The number of rotatable bonds is 4. The predicted molar refractivity (Wildman–Crippen MR) is 69.9 cm³/mol. The van der Waals surface area contributed by atoms with Gasteiger partial charge in [-0.15, -0.1) is 0 Å². The van der Waals surface area contributed by atoms with Gasteiger partial charge in [0.15, 0.2) is 34.8 Å². The van der Waals surface area contributed by atoms with Gasteiger partial charge >= 0.3 is 0 Å². The molecule has 7 heteroatoms. The summed E-state index contributed by atoms with van der Waals surface area (Å²) in [5.74, 6) is -2.54. The lowest BCUT2D eigenvalue weighted by Gasteiger charge is -2.10. The summed E-state index contributed by atoms with van der Waals surface area (Å²) in [5.41, 5.74) is 0.267. The van der Waals surface area contributed by atoms with Crippen molar-refractivity contribution >= 4 is 17.3 Å². The molecule has 1 heterocycles. The van der Waals surface area contributed by atoms with Crippen LogP contribution >= 0.6 is 0 Å². The van der Waals surface area contributed by atoms with Crippen LogP contribution in [0.2, 0.25) is 0 Å². The minimum atomic E-state index is -0.877. The van der Waals surface area contributed by atoms with Crippen LogP contribution < -0.4 is 15.4 Å². The molecule has 0 atom stereocenters. The van der Waals surface area contributed by atoms with Crippen molar-refractivity contribution in [3.05, 3.63) is 41.7 Å². The highest BCUT2D eigenvalue weighted by atomic mass is 19.1. The van der Waals surface area contributed by atoms with Crippen LogP contribution in [0.15, 0.2) is 24.3 Å². The van der Waals surface area contributed by atoms with Crippen molar-refractivity contribution < 1.29 is 17.9 Å². The summed E-state index contributed by atoms with van der Waals surface area (Å²) in [6, 6.07) is 4.70. The van der Waals surface area contributed by atoms with Crippen molar-refractivity contribution in [2.75, 3.05) is 24.8 Å². The van der Waals surface area contributed by atoms with Crippen molar-refractivity contribution in [1.82, 2.24) is 4.98 Å². The average Bonchev–Trinajstić information content (AvgIpc) is 2.42. The number of nitrogens with zero attached hydrogens (tertiary/aromatic N) is 1. The molecule has 0 saturated heterocycles. The maximum absolute atomic E-state index is 13.6. The van der Waals surface area contributed by atoms with E-state index in [9.17, 15) is 13.2 Å². The molecule has 0 aliphatic heterocycles. The second kappa shape index (κ2) is 5.68. The van der Waals surface area contributed by atoms with E-state index in [4.69, 9.17) is 4.74 Å². The first-order valence-corrected chi connectivity index (χ1v) is 5.69. The Morgan fingerprint density at radius 3 is 2.30 bits per heavy atom. The summed E-state index contributed by atoms with van der Waals surface area (Å²) >= 11 is 0. The van der Waals surface area contributed by atoms with Gasteiger partial charge in [0.05, 0.1) is 7.11 Å². The molecule has 2 rings (SSSR count). The third kappa shape index (κ3) is 2.76. The fraction of sp³-hybridized carbons (Fsp3) is 0.154. The molecule has 1 aromatic carbocycles. The van der Waals surface area contributed by atoms with Gasteiger partial charge in [-0.25, -0.2) is 18.2 Å². The highest BCUT2D eigenvalue weighted by molar-refractivity contribution is 5.60. The molecule has 106 valence electrons. The van der Waals surface area contributed by atoms with Crippen molar-refractivity contribution in [3.8, 4) is 5.75 Å². The van der Waals surface area contributed by atoms with Crippen LogP contribution in [0.1, 0.15) is 0 Å². The summed E-state index contributed by atoms with van der Waals surface area (Å²) in [5, 5.41) is 5.07. The number of pyridine rings is 1. The van der Waals surface area contributed by atoms with Crippen molar-refractivity contribution in [2.45, 2.75) is 0 Å². The lowest BCUT2D eigenvalue weighted by molar-refractivity contribution is 0.386. The molecular weight excluding hydrogens is 271 g/mol. The Bertz CT molecular complexity index is 634. The first-order chi connectivity index (χ1) is 9.55. The standard InChI is InChI=1S/C13H12F3N3O/c1-17-12-9(15)6-10(16)13(19-12)18-7-3-4-11(20-2)8(14)5-7/h3-6H,1-2H3,(H2,17,18,19). The summed E-state index contributed by atoms with van der Waals surface area (Å²) in [7, 11) is 2.80. The molecule has 0 unspecified atom stereocenters. The summed E-state index contributed by atoms with van der Waals surface area (Å²) in [6.07, 6.45) is 0. The Morgan fingerprint density at radius 1 is 1.00 bits per heavy atom. The van der Waals surface area contributed by atoms with Crippen LogP contribution in [0.4, 0.5) is 30.5 Å². The Hall–Kier alpha value is -2.44. The van der Waals surface area contributed by atoms with Gasteiger partial charge in [-0.1, -0.05) is 0 Å². The van der Waals surface area contributed by atoms with E-state index in [-0.39, 0.29) is 23.1 Å². The molecule has 2 aromatic rings. The van der Waals surface area contributed by atoms with E-state index in [1.807, 2.05) is 0 Å². The first kappa shape index (κ1) is 14.0. The molecule has 0 amide bonds. The van der Waals surface area contributed by atoms with Gasteiger partial charge in [0.25, 0.3) is 0 Å². The monoisotopic (exact) mass is 283 g/mol. The molecule has 0 saturated carbocycles. The number of aromatic nitrogens is 1. The fourth-order valence-corrected chi connectivity index (χ4v) is 1.61. The van der Waals surface area contributed by atoms with Crippen LogP contribution in [-0.4, -0.2) is 19.1 Å². The van der Waals surface area contributed by atoms with Crippen molar-refractivity contribution in [2.24, 2.45) is 0 Å². The van der Waals surface area contributed by atoms with Gasteiger partial charge in [0.1, 0.15) is 0 Å². The zero-order valence-corrected chi connectivity index (χ0v) is 10.8. The smallest absolute Gasteiger partial charge is 0.169 e. The Balaban J connectivity index is 2.32. The number of anilines is 3. The Kier molecular flexibility index (Phi) is 3.97. The number of ether oxygens (including phenoxy) is 1. The maximum atomic E-state index is 13.6. The van der Waals surface area contributed by atoms with E-state index < -0.39 is 17.5 Å². The molecule has 0 spiro atoms. The highest BCUT2D eigenvalue weighted by Crippen LogP contribution is 2.25. The number of hydrogen-bond acceptors (Lipinski definition) is 4. The number of benzene rings is 1. The van der Waals surface area contributed by atoms with Gasteiger partial charge in [-0.05, 0) is 12.1 Å². The molecule has 0 aliphatic rings. The molecule has 0 aliphatic carbocycles. The molecule has 2 N–H and O–H groups in total. The number of methoxy groups -OCH3 is 1. The van der Waals surface area contributed by atoms with Gasteiger partial charge in [-0.3, -0.25) is 0 Å². The van der Waals surface area contributed by atoms with Gasteiger partial charge < -0.3 is 15.4 Å². The number of nitrogens with one attached hydrogen (secondary N) is 2. The molecule has 1 aromatic heterocycles. The van der Waals surface area contributed by atoms with E-state index in [1.54, 1.807) is 0 Å². The normalized spacial score (nSPS) is 10.2. The van der Waals surface area contributed by atoms with Gasteiger partial charge in [0, 0.05) is 24.9 Å². The average molecular weight is 283 g/mol. The minimum Gasteiger partial charge on any atom is -0.494 e. The van der Waals surface area contributed by atoms with Crippen molar-refractivity contribution in [3.63, 3.8) is 0 Å². The summed E-state index contributed by atoms with van der Waals surface area (Å²) in [6.45, 7) is 0. The second-order valence-corrected chi connectivity index (χ2v) is 3.87. The lowest BCUT2D eigenvalue weighted by Crippen LogP contribution is -2.03. The van der Waals surface area contributed by atoms with Crippen LogP contribution in [0, 0.1) is 17.5 Å². The summed E-state index contributed by atoms with van der Waals surface area (Å²) in [4.78, 5) is 3.73. The molecule has 0 fully saturated rings. The van der Waals surface area contributed by atoms with E-state index in [1.165, 1.54) is 26.3 Å². The Labute approximate surface area is 113 Å². The molecule has 4 nitrogen and oxygen atoms in total. The third-order valence-electron chi connectivity index (χ3n) is 2.58. The van der Waals surface area contributed by atoms with Crippen LogP contribution in [-0.2, 0) is 0 Å². The van der Waals surface area contributed by atoms with E-state index in [2.05, 4.69) is 15.6 Å². The molecular formula is C13H12F3N3O. The zero-order chi connectivity index (χ0) is 14.7. The Morgan fingerprint density at radius 2 is 1.70 bits per heavy atom. The number of hydrogen-bond donors (Lipinski definition) is 2. The molecule has 0 radical (unpaired) electrons. The highest BCUT2D eigenvalue weighted by Gasteiger charge is 2.12. The van der Waals surface area contributed by atoms with Crippen LogP contribution in [0.5, 0.6) is 5.75 Å². The largest absolute Gasteiger partial charge is 0.494 e. The first-order valence-electron chi connectivity index (χ1n) is 5.69. The maximum Gasteiger partial charge on any atom is 0.169 e. The second-order valence-electron chi connectivity index (χ2n) is 3.87. The van der Waals surface area contributed by atoms with E-state index in [0.717, 1.165) is 6.07 Å². The molecule has 20 heavy (non-hydrogen) atoms. The summed E-state index contributed by atoms with van der Waals surface area (Å²) < 4.78 is 45.1. The van der Waals surface area contributed by atoms with Crippen LogP contribution in [0.25, 0.3) is 0 Å². The third-order valence-corrected chi connectivity index (χ3v) is 2.58. The quantitative estimate of drug-likeness (QED) is 0.904. The van der Waals surface area contributed by atoms with Crippen LogP contribution in [0.3, 0.4) is 0 Å². The van der Waals surface area contributed by atoms with Gasteiger partial charge in [-0.2, -0.15) is 0 Å². The fourth-order valence-electron chi connectivity index (χ4n) is 1.61. The zero-order valence-electron chi connectivity index (χ0n) is 10.8. The number of halogens is 3. The van der Waals surface area contributed by atoms with E-state index >= 15 is 0 Å². The predicted octanol–water partition coefficient (Wildman–Crippen LogP) is 3.29. The SMILES string of the molecule is CNc1nc(Nc2ccc(OC)c(F)c2)c(F)cc1F. The van der Waals surface area contributed by atoms with Crippen molar-refractivity contribution in [1.29, 1.82) is 0 Å². The topological polar surface area (TPSA) is 46.2 Å². The van der Waals surface area contributed by atoms with E-state index in [0.29, 0.717) is 6.07 Å². The van der Waals surface area contributed by atoms with Gasteiger partial charge in [0.2, 0.25) is 0 Å². The molecule has 0 bridgehead atoms. The lowest BCUT2D eigenvalue weighted by atomic mass is 10.3.